The Balaban J connectivity index is 1.92. The number of aryl methyl sites for hydroxylation is 1. The highest BCUT2D eigenvalue weighted by molar-refractivity contribution is 6.10. The van der Waals surface area contributed by atoms with E-state index in [2.05, 4.69) is 56.1 Å². The van der Waals surface area contributed by atoms with Crippen LogP contribution in [0.4, 0.5) is 11.4 Å². The molecule has 156 valence electrons. The van der Waals surface area contributed by atoms with E-state index in [0.29, 0.717) is 5.92 Å². The summed E-state index contributed by atoms with van der Waals surface area (Å²) in [4.78, 5) is 15.2. The molecule has 4 heteroatoms. The maximum absolute atomic E-state index is 12.7. The van der Waals surface area contributed by atoms with Gasteiger partial charge in [-0.15, -0.1) is 0 Å². The van der Waals surface area contributed by atoms with Gasteiger partial charge in [0, 0.05) is 23.5 Å². The number of carbonyl (C=O) groups excluding carboxylic acids is 1. The van der Waals surface area contributed by atoms with Crippen LogP contribution in [0.15, 0.2) is 42.0 Å². The van der Waals surface area contributed by atoms with Gasteiger partial charge in [-0.25, -0.2) is 0 Å². The van der Waals surface area contributed by atoms with Crippen LogP contribution in [0.5, 0.6) is 0 Å². The number of amides is 1. The van der Waals surface area contributed by atoms with Crippen LogP contribution < -0.4 is 10.2 Å². The van der Waals surface area contributed by atoms with Gasteiger partial charge in [0.05, 0.1) is 0 Å². The minimum atomic E-state index is -0.381. The lowest BCUT2D eigenvalue weighted by Crippen LogP contribution is -2.48. The van der Waals surface area contributed by atoms with E-state index in [9.17, 15) is 10.1 Å². The van der Waals surface area contributed by atoms with Crippen molar-refractivity contribution in [1.82, 2.24) is 0 Å². The Kier molecular flexibility index (Phi) is 6.03. The number of nitriles is 1. The molecule has 0 spiro atoms. The summed E-state index contributed by atoms with van der Waals surface area (Å²) in [7, 11) is 0. The van der Waals surface area contributed by atoms with Crippen molar-refractivity contribution in [1.29, 1.82) is 5.26 Å². The third-order valence-corrected chi connectivity index (χ3v) is 6.25. The molecule has 1 heterocycles. The number of hydrogen-bond donors (Lipinski definition) is 1. The highest BCUT2D eigenvalue weighted by Gasteiger charge is 2.35. The molecule has 1 atom stereocenters. The zero-order chi connectivity index (χ0) is 22.1. The Bertz CT molecular complexity index is 1040. The molecule has 0 fully saturated rings. The second-order valence-corrected chi connectivity index (χ2v) is 8.85. The summed E-state index contributed by atoms with van der Waals surface area (Å²) < 4.78 is 0. The summed E-state index contributed by atoms with van der Waals surface area (Å²) >= 11 is 0. The van der Waals surface area contributed by atoms with E-state index in [-0.39, 0.29) is 17.0 Å². The summed E-state index contributed by atoms with van der Waals surface area (Å²) in [6.07, 6.45) is 2.75. The van der Waals surface area contributed by atoms with Gasteiger partial charge in [-0.3, -0.25) is 4.79 Å². The first-order chi connectivity index (χ1) is 14.2. The normalized spacial score (nSPS) is 17.8. The SMILES string of the molecule is CCN1c2ccc(/C=C(/C#N)C(=O)Nc3cccc(C)c3C)cc2C(C)CC1(C)C. The molecular weight excluding hydrogens is 370 g/mol. The predicted molar refractivity (Wildman–Crippen MR) is 125 cm³/mol. The molecule has 0 bridgehead atoms. The number of nitrogens with zero attached hydrogens (tertiary/aromatic N) is 2. The maximum Gasteiger partial charge on any atom is 0.266 e. The molecule has 2 aromatic carbocycles. The van der Waals surface area contributed by atoms with E-state index in [0.717, 1.165) is 35.3 Å². The quantitative estimate of drug-likeness (QED) is 0.508. The third kappa shape index (κ3) is 4.11. The van der Waals surface area contributed by atoms with Crippen molar-refractivity contribution in [2.24, 2.45) is 0 Å². The summed E-state index contributed by atoms with van der Waals surface area (Å²) in [6, 6.07) is 14.1. The van der Waals surface area contributed by atoms with E-state index < -0.39 is 0 Å². The van der Waals surface area contributed by atoms with Crippen LogP contribution in [-0.2, 0) is 4.79 Å². The molecule has 1 unspecified atom stereocenters. The number of carbonyl (C=O) groups is 1. The Labute approximate surface area is 180 Å². The number of nitrogens with one attached hydrogen (secondary N) is 1. The fourth-order valence-electron chi connectivity index (χ4n) is 4.59. The highest BCUT2D eigenvalue weighted by Crippen LogP contribution is 2.43. The van der Waals surface area contributed by atoms with Gasteiger partial charge in [0.2, 0.25) is 0 Å². The molecular formula is C26H31N3O. The Hall–Kier alpha value is -3.06. The average molecular weight is 402 g/mol. The molecule has 1 aliphatic rings. The number of rotatable bonds is 4. The zero-order valence-corrected chi connectivity index (χ0v) is 18.8. The van der Waals surface area contributed by atoms with Gasteiger partial charge in [-0.05, 0) is 93.5 Å². The molecule has 0 aromatic heterocycles. The molecule has 0 saturated heterocycles. The number of benzene rings is 2. The molecule has 1 amide bonds. The van der Waals surface area contributed by atoms with E-state index in [1.54, 1.807) is 6.08 Å². The molecule has 3 rings (SSSR count). The van der Waals surface area contributed by atoms with Crippen molar-refractivity contribution in [3.05, 3.63) is 64.2 Å². The number of fused-ring (bicyclic) bond motifs is 1. The minimum absolute atomic E-state index is 0.104. The second-order valence-electron chi connectivity index (χ2n) is 8.85. The standard InChI is InChI=1S/C26H31N3O/c1-7-29-24-12-11-20(14-22(24)18(3)15-26(29,5)6)13-21(16-27)25(30)28-23-10-8-9-17(2)19(23)4/h8-14,18H,7,15H2,1-6H3,(H,28,30)/b21-13-. The third-order valence-electron chi connectivity index (χ3n) is 6.25. The van der Waals surface area contributed by atoms with Gasteiger partial charge < -0.3 is 10.2 Å². The van der Waals surface area contributed by atoms with Crippen molar-refractivity contribution in [2.45, 2.75) is 59.4 Å². The van der Waals surface area contributed by atoms with Crippen molar-refractivity contribution in [3.8, 4) is 6.07 Å². The van der Waals surface area contributed by atoms with Gasteiger partial charge in [-0.2, -0.15) is 5.26 Å². The lowest BCUT2D eigenvalue weighted by Gasteiger charge is -2.47. The van der Waals surface area contributed by atoms with Crippen LogP contribution in [0, 0.1) is 25.2 Å². The number of hydrogen-bond acceptors (Lipinski definition) is 3. The Morgan fingerprint density at radius 2 is 2.03 bits per heavy atom. The molecule has 0 saturated carbocycles. The van der Waals surface area contributed by atoms with Crippen molar-refractivity contribution < 1.29 is 4.79 Å². The van der Waals surface area contributed by atoms with E-state index in [4.69, 9.17) is 0 Å². The molecule has 0 radical (unpaired) electrons. The lowest BCUT2D eigenvalue weighted by atomic mass is 9.79. The first-order valence-electron chi connectivity index (χ1n) is 10.6. The zero-order valence-electron chi connectivity index (χ0n) is 18.8. The average Bonchev–Trinajstić information content (AvgIpc) is 2.69. The summed E-state index contributed by atoms with van der Waals surface area (Å²) in [5.41, 5.74) is 6.46. The molecule has 30 heavy (non-hydrogen) atoms. The van der Waals surface area contributed by atoms with Crippen LogP contribution in [0.3, 0.4) is 0 Å². The lowest BCUT2D eigenvalue weighted by molar-refractivity contribution is -0.112. The first-order valence-corrected chi connectivity index (χ1v) is 10.6. The van der Waals surface area contributed by atoms with Crippen LogP contribution in [0.25, 0.3) is 6.08 Å². The van der Waals surface area contributed by atoms with E-state index in [1.165, 1.54) is 11.3 Å². The van der Waals surface area contributed by atoms with Crippen LogP contribution >= 0.6 is 0 Å². The van der Waals surface area contributed by atoms with Crippen molar-refractivity contribution >= 4 is 23.4 Å². The molecule has 2 aromatic rings. The molecule has 1 N–H and O–H groups in total. The van der Waals surface area contributed by atoms with Gasteiger partial charge in [-0.1, -0.05) is 25.1 Å². The van der Waals surface area contributed by atoms with E-state index in [1.807, 2.05) is 38.1 Å². The van der Waals surface area contributed by atoms with Crippen LogP contribution in [0.1, 0.15) is 62.3 Å². The van der Waals surface area contributed by atoms with Crippen LogP contribution in [-0.4, -0.2) is 18.0 Å². The summed E-state index contributed by atoms with van der Waals surface area (Å²) in [5, 5.41) is 12.5. The Morgan fingerprint density at radius 1 is 1.30 bits per heavy atom. The minimum Gasteiger partial charge on any atom is -0.366 e. The van der Waals surface area contributed by atoms with E-state index >= 15 is 0 Å². The first kappa shape index (κ1) is 21.6. The Morgan fingerprint density at radius 3 is 2.70 bits per heavy atom. The second kappa shape index (κ2) is 8.36. The molecule has 4 nitrogen and oxygen atoms in total. The molecule has 0 aliphatic carbocycles. The predicted octanol–water partition coefficient (Wildman–Crippen LogP) is 5.96. The van der Waals surface area contributed by atoms with Crippen LogP contribution in [0.2, 0.25) is 0 Å². The smallest absolute Gasteiger partial charge is 0.266 e. The summed E-state index contributed by atoms with van der Waals surface area (Å²) in [5.74, 6) is 0.0359. The molecule has 1 aliphatic heterocycles. The number of anilines is 2. The van der Waals surface area contributed by atoms with Crippen molar-refractivity contribution in [2.75, 3.05) is 16.8 Å². The van der Waals surface area contributed by atoms with Crippen molar-refractivity contribution in [3.63, 3.8) is 0 Å². The fraction of sp³-hybridized carbons (Fsp3) is 0.385. The monoisotopic (exact) mass is 401 g/mol. The fourth-order valence-corrected chi connectivity index (χ4v) is 4.59. The highest BCUT2D eigenvalue weighted by atomic mass is 16.1. The maximum atomic E-state index is 12.7. The largest absolute Gasteiger partial charge is 0.366 e. The van der Waals surface area contributed by atoms with Gasteiger partial charge in [0.15, 0.2) is 0 Å². The van der Waals surface area contributed by atoms with Gasteiger partial charge in [0.1, 0.15) is 11.6 Å². The topological polar surface area (TPSA) is 56.1 Å². The van der Waals surface area contributed by atoms with Gasteiger partial charge in [0.25, 0.3) is 5.91 Å². The summed E-state index contributed by atoms with van der Waals surface area (Å²) in [6.45, 7) is 13.9. The van der Waals surface area contributed by atoms with Gasteiger partial charge >= 0.3 is 0 Å².